The number of hydrogen-bond donors (Lipinski definition) is 2. The number of nitrogens with one attached hydrogen (secondary N) is 2. The summed E-state index contributed by atoms with van der Waals surface area (Å²) in [6, 6.07) is 2.13. The van der Waals surface area contributed by atoms with Gasteiger partial charge in [-0.1, -0.05) is 19.8 Å². The number of hydrogen-bond acceptors (Lipinski definition) is 2. The number of rotatable bonds is 6. The number of guanidine groups is 1. The maximum Gasteiger partial charge on any atom is 0.191 e. The van der Waals surface area contributed by atoms with Gasteiger partial charge in [-0.25, -0.2) is 0 Å². The van der Waals surface area contributed by atoms with Crippen LogP contribution in [0.4, 0.5) is 0 Å². The summed E-state index contributed by atoms with van der Waals surface area (Å²) < 4.78 is 0. The fraction of sp³-hybridized carbons (Fsp3) is 0.583. The molecule has 1 heterocycles. The van der Waals surface area contributed by atoms with Gasteiger partial charge in [0.15, 0.2) is 5.96 Å². The van der Waals surface area contributed by atoms with Gasteiger partial charge in [0.25, 0.3) is 0 Å². The van der Waals surface area contributed by atoms with Crippen molar-refractivity contribution in [2.24, 2.45) is 4.99 Å². The smallest absolute Gasteiger partial charge is 0.191 e. The van der Waals surface area contributed by atoms with E-state index in [1.54, 1.807) is 11.3 Å². The lowest BCUT2D eigenvalue weighted by molar-refractivity contribution is 0.683. The van der Waals surface area contributed by atoms with Gasteiger partial charge in [0.2, 0.25) is 0 Å². The van der Waals surface area contributed by atoms with Gasteiger partial charge < -0.3 is 10.6 Å². The molecule has 0 saturated heterocycles. The summed E-state index contributed by atoms with van der Waals surface area (Å²) in [5.74, 6) is 0.891. The molecule has 90 valence electrons. The molecule has 0 aliphatic carbocycles. The molecule has 0 spiro atoms. The van der Waals surface area contributed by atoms with E-state index in [0.29, 0.717) is 0 Å². The average molecular weight is 239 g/mol. The summed E-state index contributed by atoms with van der Waals surface area (Å²) in [6.45, 7) is 4.05. The topological polar surface area (TPSA) is 36.4 Å². The molecule has 2 N–H and O–H groups in total. The second-order valence-corrected chi connectivity index (χ2v) is 4.47. The molecule has 0 aromatic carbocycles. The fourth-order valence-corrected chi connectivity index (χ4v) is 2.05. The van der Waals surface area contributed by atoms with Gasteiger partial charge in [-0.3, -0.25) is 4.99 Å². The maximum absolute atomic E-state index is 4.18. The molecule has 0 aliphatic rings. The molecule has 0 aliphatic heterocycles. The molecular weight excluding hydrogens is 218 g/mol. The van der Waals surface area contributed by atoms with E-state index >= 15 is 0 Å². The van der Waals surface area contributed by atoms with E-state index in [0.717, 1.165) is 19.0 Å². The van der Waals surface area contributed by atoms with Gasteiger partial charge in [0.1, 0.15) is 0 Å². The lowest BCUT2D eigenvalue weighted by Gasteiger charge is -2.10. The van der Waals surface area contributed by atoms with Crippen LogP contribution in [0.25, 0.3) is 0 Å². The Bertz CT molecular complexity index is 293. The largest absolute Gasteiger partial charge is 0.356 e. The molecule has 0 saturated carbocycles. The van der Waals surface area contributed by atoms with Crippen molar-refractivity contribution in [2.75, 3.05) is 13.6 Å². The van der Waals surface area contributed by atoms with Crippen molar-refractivity contribution in [3.05, 3.63) is 22.4 Å². The van der Waals surface area contributed by atoms with Gasteiger partial charge in [-0.15, -0.1) is 0 Å². The first-order valence-electron chi connectivity index (χ1n) is 5.82. The number of thiophene rings is 1. The third-order valence-electron chi connectivity index (χ3n) is 2.34. The van der Waals surface area contributed by atoms with Gasteiger partial charge in [-0.05, 0) is 28.8 Å². The summed E-state index contributed by atoms with van der Waals surface area (Å²) in [7, 11) is 1.81. The first-order valence-corrected chi connectivity index (χ1v) is 6.76. The Morgan fingerprint density at radius 3 is 2.88 bits per heavy atom. The predicted octanol–water partition coefficient (Wildman–Crippen LogP) is 2.60. The van der Waals surface area contributed by atoms with Crippen LogP contribution in [-0.2, 0) is 6.54 Å². The van der Waals surface area contributed by atoms with Crippen LogP contribution < -0.4 is 10.6 Å². The van der Waals surface area contributed by atoms with E-state index in [4.69, 9.17) is 0 Å². The zero-order valence-electron chi connectivity index (χ0n) is 10.1. The van der Waals surface area contributed by atoms with E-state index in [1.807, 2.05) is 7.05 Å². The highest BCUT2D eigenvalue weighted by Gasteiger charge is 1.97. The zero-order chi connectivity index (χ0) is 11.6. The molecule has 0 amide bonds. The van der Waals surface area contributed by atoms with Crippen LogP contribution in [0.1, 0.15) is 31.7 Å². The Hall–Kier alpha value is -1.03. The first-order chi connectivity index (χ1) is 7.86. The molecule has 0 bridgehead atoms. The zero-order valence-corrected chi connectivity index (χ0v) is 10.9. The normalized spacial score (nSPS) is 11.5. The van der Waals surface area contributed by atoms with Gasteiger partial charge >= 0.3 is 0 Å². The van der Waals surface area contributed by atoms with Crippen molar-refractivity contribution in [3.8, 4) is 0 Å². The number of aliphatic imine (C=N–C) groups is 1. The van der Waals surface area contributed by atoms with Crippen molar-refractivity contribution >= 4 is 17.3 Å². The van der Waals surface area contributed by atoms with E-state index in [1.165, 1.54) is 24.8 Å². The third kappa shape index (κ3) is 5.16. The highest BCUT2D eigenvalue weighted by molar-refractivity contribution is 7.07. The molecule has 0 atom stereocenters. The molecule has 0 radical (unpaired) electrons. The highest BCUT2D eigenvalue weighted by atomic mass is 32.1. The van der Waals surface area contributed by atoms with E-state index < -0.39 is 0 Å². The van der Waals surface area contributed by atoms with E-state index in [9.17, 15) is 0 Å². The summed E-state index contributed by atoms with van der Waals surface area (Å²) in [5, 5.41) is 10.8. The fourth-order valence-electron chi connectivity index (χ4n) is 1.38. The Labute approximate surface area is 102 Å². The summed E-state index contributed by atoms with van der Waals surface area (Å²) >= 11 is 1.72. The molecule has 3 nitrogen and oxygen atoms in total. The Kier molecular flexibility index (Phi) is 6.65. The second kappa shape index (κ2) is 8.16. The monoisotopic (exact) mass is 239 g/mol. The minimum atomic E-state index is 0.844. The predicted molar refractivity (Wildman–Crippen MR) is 72.0 cm³/mol. The molecule has 16 heavy (non-hydrogen) atoms. The number of nitrogens with zero attached hydrogens (tertiary/aromatic N) is 1. The molecule has 0 fully saturated rings. The number of unbranched alkanes of at least 4 members (excludes halogenated alkanes) is 2. The van der Waals surface area contributed by atoms with Gasteiger partial charge in [0.05, 0.1) is 0 Å². The standard InChI is InChI=1S/C12H21N3S/c1-3-4-5-7-14-12(13-2)15-9-11-6-8-16-10-11/h6,8,10H,3-5,7,9H2,1-2H3,(H2,13,14,15). The minimum absolute atomic E-state index is 0.844. The van der Waals surface area contributed by atoms with Crippen molar-refractivity contribution in [1.82, 2.24) is 10.6 Å². The van der Waals surface area contributed by atoms with Crippen molar-refractivity contribution < 1.29 is 0 Å². The van der Waals surface area contributed by atoms with Crippen LogP contribution >= 0.6 is 11.3 Å². The quantitative estimate of drug-likeness (QED) is 0.455. The van der Waals surface area contributed by atoms with Gasteiger partial charge in [0, 0.05) is 20.1 Å². The second-order valence-electron chi connectivity index (χ2n) is 3.69. The summed E-state index contributed by atoms with van der Waals surface area (Å²) in [4.78, 5) is 4.18. The average Bonchev–Trinajstić information content (AvgIpc) is 2.81. The molecule has 1 aromatic heterocycles. The lowest BCUT2D eigenvalue weighted by atomic mass is 10.2. The van der Waals surface area contributed by atoms with E-state index in [2.05, 4.69) is 39.4 Å². The van der Waals surface area contributed by atoms with Crippen molar-refractivity contribution in [2.45, 2.75) is 32.7 Å². The van der Waals surface area contributed by atoms with Crippen LogP contribution in [0.3, 0.4) is 0 Å². The SMILES string of the molecule is CCCCCNC(=NC)NCc1ccsc1. The van der Waals surface area contributed by atoms with Crippen LogP contribution in [0.5, 0.6) is 0 Å². The summed E-state index contributed by atoms with van der Waals surface area (Å²) in [5.41, 5.74) is 1.31. The van der Waals surface area contributed by atoms with Crippen molar-refractivity contribution in [1.29, 1.82) is 0 Å². The molecule has 4 heteroatoms. The Morgan fingerprint density at radius 2 is 2.25 bits per heavy atom. The first kappa shape index (κ1) is 13.0. The molecule has 1 rings (SSSR count). The van der Waals surface area contributed by atoms with E-state index in [-0.39, 0.29) is 0 Å². The highest BCUT2D eigenvalue weighted by Crippen LogP contribution is 2.04. The minimum Gasteiger partial charge on any atom is -0.356 e. The maximum atomic E-state index is 4.18. The van der Waals surface area contributed by atoms with Crippen LogP contribution in [0.15, 0.2) is 21.8 Å². The Balaban J connectivity index is 2.17. The van der Waals surface area contributed by atoms with Crippen LogP contribution in [-0.4, -0.2) is 19.6 Å². The molecule has 1 aromatic rings. The lowest BCUT2D eigenvalue weighted by Crippen LogP contribution is -2.37. The molecule has 0 unspecified atom stereocenters. The van der Waals surface area contributed by atoms with Crippen molar-refractivity contribution in [3.63, 3.8) is 0 Å². The van der Waals surface area contributed by atoms with Crippen LogP contribution in [0, 0.1) is 0 Å². The van der Waals surface area contributed by atoms with Gasteiger partial charge in [-0.2, -0.15) is 11.3 Å². The molecular formula is C12H21N3S. The summed E-state index contributed by atoms with van der Waals surface area (Å²) in [6.07, 6.45) is 3.73. The Morgan fingerprint density at radius 1 is 1.38 bits per heavy atom. The van der Waals surface area contributed by atoms with Crippen LogP contribution in [0.2, 0.25) is 0 Å². The third-order valence-corrected chi connectivity index (χ3v) is 3.07.